The Kier molecular flexibility index (Phi) is 26.8. The molecule has 1 atom stereocenters. The third-order valence-corrected chi connectivity index (χ3v) is 21.2. The fraction of sp³-hybridized carbons (Fsp3) is 0.299. The predicted molar refractivity (Wildman–Crippen MR) is 434 cm³/mol. The first-order valence-corrected chi connectivity index (χ1v) is 38.1. The standard InChI is InChI=1S/C31H35ClN4O.2C28H30ClN5/c1-2-23-3-7-25(8-4-23)31(26-9-5-24(22-37)6-10-26)34-15-16-35-17-19-36(20-18-35)30-13-14-33-29-21-27(32)11-12-28(29)30;2*29-25-6-7-26-27(20-25)31-13-10-28(26)34-18-16-32(17-19-34)14-15-33(21-23-4-2-1-3-5-23)22-24-8-11-30-12-9-24/h3-14,21,31,34,37H,2,15-20,22H2,1H3;2*1-13,20H,14-19,21-22H2. The van der Waals surface area contributed by atoms with E-state index < -0.39 is 0 Å². The molecule has 0 radical (unpaired) electrons. The van der Waals surface area contributed by atoms with Crippen molar-refractivity contribution in [2.75, 3.05) is 133 Å². The number of fused-ring (bicyclic) bond motifs is 3. The first-order chi connectivity index (χ1) is 51.6. The molecule has 0 saturated carbocycles. The first-order valence-electron chi connectivity index (χ1n) is 37.0. The second-order valence-corrected chi connectivity index (χ2v) is 28.8. The zero-order valence-electron chi connectivity index (χ0n) is 60.1. The number of hydrogen-bond donors (Lipinski definition) is 2. The van der Waals surface area contributed by atoms with Gasteiger partial charge in [-0.05, 0) is 148 Å². The number of nitrogens with zero attached hydrogens (tertiary/aromatic N) is 13. The zero-order chi connectivity index (χ0) is 71.9. The van der Waals surface area contributed by atoms with Crippen molar-refractivity contribution in [2.45, 2.75) is 52.2 Å². The molecule has 3 aliphatic rings. The molecular formula is C87H95Cl3N14O. The Morgan fingerprint density at radius 2 is 0.714 bits per heavy atom. The minimum atomic E-state index is 0.0680. The van der Waals surface area contributed by atoms with Crippen molar-refractivity contribution in [3.63, 3.8) is 0 Å². The normalized spacial score (nSPS) is 14.9. The van der Waals surface area contributed by atoms with Crippen molar-refractivity contribution in [3.05, 3.63) is 309 Å². The quantitative estimate of drug-likeness (QED) is 0.0564. The Balaban J connectivity index is 0.000000140. The highest BCUT2D eigenvalue weighted by Gasteiger charge is 2.24. The number of anilines is 3. The van der Waals surface area contributed by atoms with Gasteiger partial charge >= 0.3 is 0 Å². The number of aliphatic hydroxyl groups is 1. The number of rotatable bonds is 25. The third-order valence-electron chi connectivity index (χ3n) is 20.5. The van der Waals surface area contributed by atoms with Crippen LogP contribution in [0, 0.1) is 0 Å². The van der Waals surface area contributed by atoms with Crippen LogP contribution in [0.2, 0.25) is 15.1 Å². The Morgan fingerprint density at radius 1 is 0.371 bits per heavy atom. The lowest BCUT2D eigenvalue weighted by atomic mass is 9.96. The molecule has 15 rings (SSSR count). The van der Waals surface area contributed by atoms with Gasteiger partial charge in [0.1, 0.15) is 0 Å². The molecule has 3 fully saturated rings. The fourth-order valence-electron chi connectivity index (χ4n) is 14.5. The SMILES string of the molecule is CCc1ccc(C(NCCN2CCN(c3ccnc4cc(Cl)ccc34)CC2)c2ccc(CO)cc2)cc1.Clc1ccc2c(N3CCN(CCN(Cc4ccccc4)Cc4ccncc4)CC3)ccnc2c1.Clc1ccc2c(N3CCN(CCN(Cc4ccccc4)Cc4ccncc4)CC3)ccnc2c1. The molecule has 0 amide bonds. The number of hydrogen-bond acceptors (Lipinski definition) is 15. The van der Waals surface area contributed by atoms with Crippen LogP contribution in [0.5, 0.6) is 0 Å². The van der Waals surface area contributed by atoms with Gasteiger partial charge in [-0.25, -0.2) is 0 Å². The third kappa shape index (κ3) is 21.0. The number of pyridine rings is 5. The van der Waals surface area contributed by atoms with Gasteiger partial charge in [0, 0.05) is 236 Å². The number of aryl methyl sites for hydroxylation is 1. The van der Waals surface area contributed by atoms with E-state index in [9.17, 15) is 5.11 Å². The predicted octanol–water partition coefficient (Wildman–Crippen LogP) is 15.7. The van der Waals surface area contributed by atoms with E-state index in [1.165, 1.54) is 66.8 Å². The lowest BCUT2D eigenvalue weighted by molar-refractivity contribution is 0.186. The van der Waals surface area contributed by atoms with E-state index in [0.717, 1.165) is 193 Å². The summed E-state index contributed by atoms with van der Waals surface area (Å²) in [5.41, 5.74) is 16.7. The van der Waals surface area contributed by atoms with Crippen LogP contribution in [-0.2, 0) is 39.2 Å². The number of benzene rings is 7. The largest absolute Gasteiger partial charge is 0.392 e. The number of aliphatic hydroxyl groups excluding tert-OH is 1. The van der Waals surface area contributed by atoms with E-state index in [4.69, 9.17) is 34.8 Å². The molecule has 12 aromatic rings. The van der Waals surface area contributed by atoms with Crippen LogP contribution in [0.1, 0.15) is 57.5 Å². The van der Waals surface area contributed by atoms with Gasteiger partial charge in [-0.3, -0.25) is 49.4 Å². The lowest BCUT2D eigenvalue weighted by Crippen LogP contribution is -2.48. The first kappa shape index (κ1) is 74.3. The van der Waals surface area contributed by atoms with Crippen molar-refractivity contribution in [3.8, 4) is 0 Å². The Hall–Kier alpha value is -8.94. The average molecular weight is 1460 g/mol. The van der Waals surface area contributed by atoms with Crippen LogP contribution in [0.3, 0.4) is 0 Å². The highest BCUT2D eigenvalue weighted by Crippen LogP contribution is 2.32. The van der Waals surface area contributed by atoms with Gasteiger partial charge in [0.25, 0.3) is 0 Å². The van der Waals surface area contributed by atoms with Crippen molar-refractivity contribution in [2.24, 2.45) is 0 Å². The molecule has 105 heavy (non-hydrogen) atoms. The summed E-state index contributed by atoms with van der Waals surface area (Å²) >= 11 is 18.5. The van der Waals surface area contributed by atoms with Crippen molar-refractivity contribution >= 4 is 84.6 Å². The van der Waals surface area contributed by atoms with E-state index in [2.05, 4.69) is 234 Å². The van der Waals surface area contributed by atoms with Crippen LogP contribution in [0.15, 0.2) is 250 Å². The molecule has 7 aromatic carbocycles. The maximum atomic E-state index is 9.45. The van der Waals surface area contributed by atoms with Gasteiger partial charge in [-0.2, -0.15) is 0 Å². The number of halogens is 3. The summed E-state index contributed by atoms with van der Waals surface area (Å²) in [5, 5.41) is 18.9. The maximum Gasteiger partial charge on any atom is 0.0737 e. The van der Waals surface area contributed by atoms with Gasteiger partial charge < -0.3 is 25.1 Å². The molecule has 0 spiro atoms. The topological polar surface area (TPSA) is 123 Å². The van der Waals surface area contributed by atoms with Crippen LogP contribution in [-0.4, -0.2) is 172 Å². The van der Waals surface area contributed by atoms with Crippen molar-refractivity contribution in [1.82, 2.24) is 54.7 Å². The van der Waals surface area contributed by atoms with E-state index in [1.54, 1.807) is 0 Å². The second-order valence-electron chi connectivity index (χ2n) is 27.4. The molecule has 0 bridgehead atoms. The van der Waals surface area contributed by atoms with Gasteiger partial charge in [0.05, 0.1) is 29.2 Å². The number of piperazine rings is 3. The molecule has 5 aromatic heterocycles. The molecule has 18 heteroatoms. The van der Waals surface area contributed by atoms with Crippen molar-refractivity contribution in [1.29, 1.82) is 0 Å². The summed E-state index contributed by atoms with van der Waals surface area (Å²) in [5.74, 6) is 0. The highest BCUT2D eigenvalue weighted by atomic mass is 35.5. The molecule has 0 aliphatic carbocycles. The van der Waals surface area contributed by atoms with Gasteiger partial charge in [-0.15, -0.1) is 0 Å². The highest BCUT2D eigenvalue weighted by molar-refractivity contribution is 6.32. The van der Waals surface area contributed by atoms with Gasteiger partial charge in [0.15, 0.2) is 0 Å². The van der Waals surface area contributed by atoms with Gasteiger partial charge in [0.2, 0.25) is 0 Å². The van der Waals surface area contributed by atoms with E-state index in [-0.39, 0.29) is 12.6 Å². The Labute approximate surface area is 634 Å². The number of aromatic nitrogens is 5. The van der Waals surface area contributed by atoms with Crippen LogP contribution in [0.25, 0.3) is 32.7 Å². The van der Waals surface area contributed by atoms with E-state index >= 15 is 0 Å². The Bertz CT molecular complexity index is 4300. The molecule has 15 nitrogen and oxygen atoms in total. The second kappa shape index (κ2) is 37.9. The number of nitrogens with one attached hydrogen (secondary N) is 1. The fourth-order valence-corrected chi connectivity index (χ4v) is 15.0. The van der Waals surface area contributed by atoms with E-state index in [1.807, 2.05) is 91.9 Å². The lowest BCUT2D eigenvalue weighted by Gasteiger charge is -2.37. The summed E-state index contributed by atoms with van der Waals surface area (Å²) in [6.07, 6.45) is 14.2. The van der Waals surface area contributed by atoms with Crippen LogP contribution in [0.4, 0.5) is 17.1 Å². The van der Waals surface area contributed by atoms with Crippen LogP contribution < -0.4 is 20.0 Å². The zero-order valence-corrected chi connectivity index (χ0v) is 62.4. The monoisotopic (exact) mass is 1460 g/mol. The molecule has 3 saturated heterocycles. The summed E-state index contributed by atoms with van der Waals surface area (Å²) in [7, 11) is 0. The summed E-state index contributed by atoms with van der Waals surface area (Å²) < 4.78 is 0. The van der Waals surface area contributed by atoms with Crippen molar-refractivity contribution < 1.29 is 5.11 Å². The summed E-state index contributed by atoms with van der Waals surface area (Å²) in [6.45, 7) is 24.5. The molecule has 540 valence electrons. The summed E-state index contributed by atoms with van der Waals surface area (Å²) in [4.78, 5) is 42.0. The minimum absolute atomic E-state index is 0.0680. The molecular weight excluding hydrogens is 1360 g/mol. The maximum absolute atomic E-state index is 9.45. The minimum Gasteiger partial charge on any atom is -0.392 e. The Morgan fingerprint density at radius 3 is 1.07 bits per heavy atom. The van der Waals surface area contributed by atoms with Crippen LogP contribution >= 0.6 is 34.8 Å². The molecule has 1 unspecified atom stereocenters. The molecule has 2 N–H and O–H groups in total. The smallest absolute Gasteiger partial charge is 0.0737 e. The van der Waals surface area contributed by atoms with E-state index in [0.29, 0.717) is 0 Å². The molecule has 8 heterocycles. The van der Waals surface area contributed by atoms with Gasteiger partial charge in [-0.1, -0.05) is 151 Å². The summed E-state index contributed by atoms with van der Waals surface area (Å²) in [6, 6.07) is 71.6. The molecule has 3 aliphatic heterocycles. The average Bonchev–Trinajstić information content (AvgIpc) is 0.812.